The van der Waals surface area contributed by atoms with Crippen LogP contribution >= 0.6 is 11.8 Å². The first-order valence-corrected chi connectivity index (χ1v) is 14.8. The van der Waals surface area contributed by atoms with Gasteiger partial charge in [0.1, 0.15) is 13.2 Å². The maximum atomic E-state index is 13.9. The molecule has 2 fully saturated rings. The van der Waals surface area contributed by atoms with Gasteiger partial charge in [-0.05, 0) is 54.7 Å². The molecule has 0 N–H and O–H groups in total. The van der Waals surface area contributed by atoms with Gasteiger partial charge in [0.05, 0.1) is 17.1 Å². The summed E-state index contributed by atoms with van der Waals surface area (Å²) in [4.78, 5) is 16.8. The summed E-state index contributed by atoms with van der Waals surface area (Å²) in [5.74, 6) is 2.04. The van der Waals surface area contributed by atoms with E-state index in [1.165, 1.54) is 30.2 Å². The first kappa shape index (κ1) is 22.3. The SMILES string of the molecule is O=C(c1ccccc1S[C@@H]1CCS(=O)(=O)C1)N1Cc2cc3c(cc2C2(CCCC2)C1)OCCO3. The van der Waals surface area contributed by atoms with Crippen molar-refractivity contribution in [1.29, 1.82) is 0 Å². The van der Waals surface area contributed by atoms with Crippen molar-refractivity contribution in [2.75, 3.05) is 31.3 Å². The summed E-state index contributed by atoms with van der Waals surface area (Å²) in [5.41, 5.74) is 3.10. The average Bonchev–Trinajstić information content (AvgIpc) is 3.44. The Balaban J connectivity index is 1.32. The van der Waals surface area contributed by atoms with Crippen LogP contribution in [0.5, 0.6) is 11.5 Å². The van der Waals surface area contributed by atoms with E-state index < -0.39 is 9.84 Å². The van der Waals surface area contributed by atoms with E-state index in [1.54, 1.807) is 0 Å². The summed E-state index contributed by atoms with van der Waals surface area (Å²) in [6, 6.07) is 11.9. The Bertz CT molecular complexity index is 1240. The number of hydrogen-bond donors (Lipinski definition) is 0. The maximum absolute atomic E-state index is 13.9. The Morgan fingerprint density at radius 3 is 2.53 bits per heavy atom. The van der Waals surface area contributed by atoms with Crippen molar-refractivity contribution >= 4 is 27.5 Å². The molecule has 0 bridgehead atoms. The van der Waals surface area contributed by atoms with E-state index in [4.69, 9.17) is 9.47 Å². The van der Waals surface area contributed by atoms with Gasteiger partial charge in [-0.3, -0.25) is 4.79 Å². The molecule has 1 aliphatic carbocycles. The highest BCUT2D eigenvalue weighted by Crippen LogP contribution is 2.49. The molecule has 8 heteroatoms. The van der Waals surface area contributed by atoms with E-state index in [0.717, 1.165) is 34.8 Å². The number of sulfone groups is 1. The van der Waals surface area contributed by atoms with Gasteiger partial charge in [-0.1, -0.05) is 25.0 Å². The van der Waals surface area contributed by atoms with Gasteiger partial charge in [0.25, 0.3) is 5.91 Å². The molecule has 34 heavy (non-hydrogen) atoms. The Hall–Kier alpha value is -2.19. The van der Waals surface area contributed by atoms with E-state index in [0.29, 0.717) is 38.3 Å². The highest BCUT2D eigenvalue weighted by atomic mass is 32.2. The van der Waals surface area contributed by atoms with Gasteiger partial charge in [-0.15, -0.1) is 11.8 Å². The molecule has 0 unspecified atom stereocenters. The lowest BCUT2D eigenvalue weighted by molar-refractivity contribution is 0.0665. The molecule has 1 saturated heterocycles. The van der Waals surface area contributed by atoms with Crippen LogP contribution in [-0.2, 0) is 21.8 Å². The largest absolute Gasteiger partial charge is 0.486 e. The second-order valence-electron chi connectivity index (χ2n) is 9.94. The molecule has 1 atom stereocenters. The lowest BCUT2D eigenvalue weighted by atomic mass is 9.73. The van der Waals surface area contributed by atoms with Crippen molar-refractivity contribution in [3.8, 4) is 11.5 Å². The number of ether oxygens (including phenoxy) is 2. The first-order valence-electron chi connectivity index (χ1n) is 12.1. The second-order valence-corrected chi connectivity index (χ2v) is 13.5. The number of fused-ring (bicyclic) bond motifs is 3. The van der Waals surface area contributed by atoms with E-state index in [2.05, 4.69) is 12.1 Å². The number of thioether (sulfide) groups is 1. The van der Waals surface area contributed by atoms with E-state index in [-0.39, 0.29) is 28.1 Å². The molecule has 2 aromatic rings. The topological polar surface area (TPSA) is 72.9 Å². The molecular formula is C26H29NO5S2. The average molecular weight is 500 g/mol. The first-order chi connectivity index (χ1) is 16.4. The molecule has 1 amide bonds. The number of benzene rings is 2. The molecule has 1 saturated carbocycles. The third-order valence-corrected chi connectivity index (χ3v) is 11.0. The second kappa shape index (κ2) is 8.48. The van der Waals surface area contributed by atoms with Gasteiger partial charge >= 0.3 is 0 Å². The molecule has 4 aliphatic rings. The molecule has 1 spiro atoms. The van der Waals surface area contributed by atoms with Gasteiger partial charge in [-0.25, -0.2) is 8.42 Å². The monoisotopic (exact) mass is 499 g/mol. The van der Waals surface area contributed by atoms with Crippen molar-refractivity contribution in [1.82, 2.24) is 4.90 Å². The van der Waals surface area contributed by atoms with Crippen molar-refractivity contribution in [2.45, 2.75) is 54.2 Å². The minimum absolute atomic E-state index is 0.00544. The fourth-order valence-corrected chi connectivity index (χ4v) is 9.66. The van der Waals surface area contributed by atoms with Crippen LogP contribution in [0.4, 0.5) is 0 Å². The van der Waals surface area contributed by atoms with Gasteiger partial charge in [0.2, 0.25) is 0 Å². The lowest BCUT2D eigenvalue weighted by Gasteiger charge is -2.43. The van der Waals surface area contributed by atoms with Crippen LogP contribution < -0.4 is 9.47 Å². The van der Waals surface area contributed by atoms with Crippen molar-refractivity contribution < 1.29 is 22.7 Å². The predicted octanol–water partition coefficient (Wildman–Crippen LogP) is 4.20. The Labute approximate surface area is 204 Å². The Morgan fingerprint density at radius 2 is 1.79 bits per heavy atom. The van der Waals surface area contributed by atoms with Crippen LogP contribution in [-0.4, -0.2) is 55.7 Å². The summed E-state index contributed by atoms with van der Waals surface area (Å²) < 4.78 is 35.6. The summed E-state index contributed by atoms with van der Waals surface area (Å²) in [5, 5.41) is 0.00544. The highest BCUT2D eigenvalue weighted by Gasteiger charge is 2.44. The van der Waals surface area contributed by atoms with E-state index in [1.807, 2.05) is 29.2 Å². The van der Waals surface area contributed by atoms with Crippen LogP contribution in [0, 0.1) is 0 Å². The zero-order valence-electron chi connectivity index (χ0n) is 19.1. The molecule has 6 nitrogen and oxygen atoms in total. The van der Waals surface area contributed by atoms with Crippen molar-refractivity contribution in [2.24, 2.45) is 0 Å². The summed E-state index contributed by atoms with van der Waals surface area (Å²) in [6.07, 6.45) is 5.11. The highest BCUT2D eigenvalue weighted by molar-refractivity contribution is 8.02. The van der Waals surface area contributed by atoms with Crippen LogP contribution in [0.25, 0.3) is 0 Å². The minimum atomic E-state index is -2.96. The summed E-state index contributed by atoms with van der Waals surface area (Å²) >= 11 is 1.54. The number of nitrogens with zero attached hydrogens (tertiary/aromatic N) is 1. The molecule has 0 aromatic heterocycles. The Kier molecular flexibility index (Phi) is 5.56. The molecule has 180 valence electrons. The van der Waals surface area contributed by atoms with Crippen molar-refractivity contribution in [3.63, 3.8) is 0 Å². The third kappa shape index (κ3) is 3.98. The standard InChI is InChI=1S/C26H29NO5S2/c28-25(20-5-1-2-6-24(20)33-19-7-12-34(29,30)16-19)27-15-18-13-22-23(32-11-10-31-22)14-21(18)26(17-27)8-3-4-9-26/h1-2,5-6,13-14,19H,3-4,7-12,15-17H2/t19-/m1/s1. The number of rotatable bonds is 3. The molecule has 3 heterocycles. The predicted molar refractivity (Wildman–Crippen MR) is 132 cm³/mol. The molecule has 2 aromatic carbocycles. The molecule has 3 aliphatic heterocycles. The van der Waals surface area contributed by atoms with Crippen LogP contribution in [0.15, 0.2) is 41.3 Å². The molecular weight excluding hydrogens is 470 g/mol. The van der Waals surface area contributed by atoms with Gasteiger partial charge in [0, 0.05) is 28.6 Å². The zero-order valence-corrected chi connectivity index (χ0v) is 20.8. The van der Waals surface area contributed by atoms with Crippen LogP contribution in [0.1, 0.15) is 53.6 Å². The quantitative estimate of drug-likeness (QED) is 0.630. The molecule has 0 radical (unpaired) electrons. The zero-order chi connectivity index (χ0) is 23.3. The van der Waals surface area contributed by atoms with Gasteiger partial charge in [-0.2, -0.15) is 0 Å². The smallest absolute Gasteiger partial charge is 0.255 e. The summed E-state index contributed by atoms with van der Waals surface area (Å²) in [7, 11) is -2.96. The lowest BCUT2D eigenvalue weighted by Crippen LogP contribution is -2.47. The van der Waals surface area contributed by atoms with E-state index in [9.17, 15) is 13.2 Å². The van der Waals surface area contributed by atoms with Crippen LogP contribution in [0.2, 0.25) is 0 Å². The number of hydrogen-bond acceptors (Lipinski definition) is 6. The number of amides is 1. The van der Waals surface area contributed by atoms with E-state index >= 15 is 0 Å². The number of carbonyl (C=O) groups is 1. The molecule has 6 rings (SSSR count). The minimum Gasteiger partial charge on any atom is -0.486 e. The summed E-state index contributed by atoms with van der Waals surface area (Å²) in [6.45, 7) is 2.36. The third-order valence-electron chi connectivity index (χ3n) is 7.64. The maximum Gasteiger partial charge on any atom is 0.255 e. The van der Waals surface area contributed by atoms with Gasteiger partial charge in [0.15, 0.2) is 21.3 Å². The van der Waals surface area contributed by atoms with Crippen molar-refractivity contribution in [3.05, 3.63) is 53.1 Å². The fourth-order valence-electron chi connectivity index (χ4n) is 6.04. The van der Waals surface area contributed by atoms with Gasteiger partial charge < -0.3 is 14.4 Å². The Morgan fingerprint density at radius 1 is 1.06 bits per heavy atom. The number of carbonyl (C=O) groups excluding carboxylic acids is 1. The normalized spacial score (nSPS) is 24.2. The fraction of sp³-hybridized carbons (Fsp3) is 0.500. The van der Waals surface area contributed by atoms with Crippen LogP contribution in [0.3, 0.4) is 0 Å².